The lowest BCUT2D eigenvalue weighted by atomic mass is 9.93. The van der Waals surface area contributed by atoms with E-state index >= 15 is 0 Å². The predicted octanol–water partition coefficient (Wildman–Crippen LogP) is 3.38. The van der Waals surface area contributed by atoms with Crippen molar-refractivity contribution in [3.63, 3.8) is 0 Å². The molecule has 1 saturated heterocycles. The first-order chi connectivity index (χ1) is 9.16. The lowest BCUT2D eigenvalue weighted by Crippen LogP contribution is -2.32. The van der Waals surface area contributed by atoms with Gasteiger partial charge in [-0.1, -0.05) is 24.3 Å². The maximum absolute atomic E-state index is 3.68. The zero-order valence-corrected chi connectivity index (χ0v) is 12.7. The maximum atomic E-state index is 3.68. The van der Waals surface area contributed by atoms with Crippen molar-refractivity contribution in [2.75, 3.05) is 26.7 Å². The Kier molecular flexibility index (Phi) is 5.41. The molecule has 1 atom stereocenters. The lowest BCUT2D eigenvalue weighted by Gasteiger charge is -2.29. The van der Waals surface area contributed by atoms with E-state index in [1.807, 2.05) is 0 Å². The molecule has 1 heterocycles. The third-order valence-corrected chi connectivity index (χ3v) is 4.50. The SMILES string of the molecule is Cc1ccccc1C(C)NCCC1CCN(C)CC1. The van der Waals surface area contributed by atoms with Crippen molar-refractivity contribution < 1.29 is 0 Å². The highest BCUT2D eigenvalue weighted by Crippen LogP contribution is 2.20. The number of hydrogen-bond donors (Lipinski definition) is 1. The molecular formula is C17H28N2. The molecule has 0 aliphatic carbocycles. The van der Waals surface area contributed by atoms with Crippen LogP contribution in [-0.2, 0) is 0 Å². The summed E-state index contributed by atoms with van der Waals surface area (Å²) in [6, 6.07) is 9.15. The van der Waals surface area contributed by atoms with Gasteiger partial charge in [-0.25, -0.2) is 0 Å². The maximum Gasteiger partial charge on any atom is 0.0294 e. The number of nitrogens with one attached hydrogen (secondary N) is 1. The van der Waals surface area contributed by atoms with Crippen molar-refractivity contribution in [2.45, 2.75) is 39.2 Å². The van der Waals surface area contributed by atoms with Crippen molar-refractivity contribution in [2.24, 2.45) is 5.92 Å². The van der Waals surface area contributed by atoms with Gasteiger partial charge in [0.25, 0.3) is 0 Å². The van der Waals surface area contributed by atoms with E-state index in [-0.39, 0.29) is 0 Å². The summed E-state index contributed by atoms with van der Waals surface area (Å²) in [6.45, 7) is 8.17. The first-order valence-electron chi connectivity index (χ1n) is 7.64. The van der Waals surface area contributed by atoms with Gasteiger partial charge in [-0.15, -0.1) is 0 Å². The topological polar surface area (TPSA) is 15.3 Å². The number of rotatable bonds is 5. The molecule has 1 aromatic carbocycles. The minimum atomic E-state index is 0.465. The number of piperidine rings is 1. The second kappa shape index (κ2) is 7.06. The average Bonchev–Trinajstić information content (AvgIpc) is 2.41. The smallest absolute Gasteiger partial charge is 0.0294 e. The van der Waals surface area contributed by atoms with Gasteiger partial charge in [-0.05, 0) is 76.8 Å². The van der Waals surface area contributed by atoms with Gasteiger partial charge in [0.15, 0.2) is 0 Å². The molecule has 2 nitrogen and oxygen atoms in total. The molecular weight excluding hydrogens is 232 g/mol. The van der Waals surface area contributed by atoms with E-state index in [9.17, 15) is 0 Å². The highest BCUT2D eigenvalue weighted by molar-refractivity contribution is 5.28. The second-order valence-electron chi connectivity index (χ2n) is 6.07. The molecule has 0 bridgehead atoms. The molecule has 0 aromatic heterocycles. The molecule has 2 rings (SSSR count). The van der Waals surface area contributed by atoms with E-state index in [4.69, 9.17) is 0 Å². The lowest BCUT2D eigenvalue weighted by molar-refractivity contribution is 0.211. The van der Waals surface area contributed by atoms with Crippen LogP contribution in [0.2, 0.25) is 0 Å². The summed E-state index contributed by atoms with van der Waals surface area (Å²) in [5.41, 5.74) is 2.83. The molecule has 0 amide bonds. The number of benzene rings is 1. The zero-order valence-electron chi connectivity index (χ0n) is 12.7. The van der Waals surface area contributed by atoms with Crippen LogP contribution in [0.15, 0.2) is 24.3 Å². The van der Waals surface area contributed by atoms with Crippen LogP contribution in [0.1, 0.15) is 43.4 Å². The Morgan fingerprint density at radius 2 is 1.95 bits per heavy atom. The molecule has 1 unspecified atom stereocenters. The zero-order chi connectivity index (χ0) is 13.7. The van der Waals surface area contributed by atoms with Crippen LogP contribution < -0.4 is 5.32 Å². The van der Waals surface area contributed by atoms with Crippen LogP contribution in [0.4, 0.5) is 0 Å². The van der Waals surface area contributed by atoms with Crippen LogP contribution in [0.5, 0.6) is 0 Å². The van der Waals surface area contributed by atoms with Gasteiger partial charge in [0, 0.05) is 6.04 Å². The molecule has 1 aromatic rings. The Morgan fingerprint density at radius 3 is 2.63 bits per heavy atom. The normalized spacial score (nSPS) is 19.5. The summed E-state index contributed by atoms with van der Waals surface area (Å²) in [5, 5.41) is 3.68. The molecule has 1 aliphatic rings. The Balaban J connectivity index is 1.72. The van der Waals surface area contributed by atoms with Crippen LogP contribution in [0, 0.1) is 12.8 Å². The average molecular weight is 260 g/mol. The van der Waals surface area contributed by atoms with Crippen LogP contribution in [0.3, 0.4) is 0 Å². The predicted molar refractivity (Wildman–Crippen MR) is 82.4 cm³/mol. The van der Waals surface area contributed by atoms with E-state index in [0.717, 1.165) is 12.5 Å². The van der Waals surface area contributed by atoms with E-state index in [1.54, 1.807) is 0 Å². The van der Waals surface area contributed by atoms with Crippen molar-refractivity contribution in [3.05, 3.63) is 35.4 Å². The molecule has 0 saturated carbocycles. The van der Waals surface area contributed by atoms with Gasteiger partial charge in [0.2, 0.25) is 0 Å². The number of hydrogen-bond acceptors (Lipinski definition) is 2. The number of aryl methyl sites for hydroxylation is 1. The van der Waals surface area contributed by atoms with Gasteiger partial charge >= 0.3 is 0 Å². The van der Waals surface area contributed by atoms with Crippen molar-refractivity contribution in [1.82, 2.24) is 10.2 Å². The Hall–Kier alpha value is -0.860. The van der Waals surface area contributed by atoms with E-state index in [0.29, 0.717) is 6.04 Å². The highest BCUT2D eigenvalue weighted by Gasteiger charge is 2.16. The van der Waals surface area contributed by atoms with E-state index < -0.39 is 0 Å². The van der Waals surface area contributed by atoms with E-state index in [2.05, 4.69) is 55.4 Å². The van der Waals surface area contributed by atoms with Crippen LogP contribution >= 0.6 is 0 Å². The fourth-order valence-corrected chi connectivity index (χ4v) is 3.04. The third-order valence-electron chi connectivity index (χ3n) is 4.50. The fraction of sp³-hybridized carbons (Fsp3) is 0.647. The van der Waals surface area contributed by atoms with Crippen molar-refractivity contribution in [3.8, 4) is 0 Å². The molecule has 0 radical (unpaired) electrons. The number of likely N-dealkylation sites (tertiary alicyclic amines) is 1. The standard InChI is InChI=1S/C17H28N2/c1-14-6-4-5-7-17(14)15(2)18-11-8-16-9-12-19(3)13-10-16/h4-7,15-16,18H,8-13H2,1-3H3. The van der Waals surface area contributed by atoms with Gasteiger partial charge in [0.05, 0.1) is 0 Å². The monoisotopic (exact) mass is 260 g/mol. The van der Waals surface area contributed by atoms with E-state index in [1.165, 1.54) is 43.5 Å². The largest absolute Gasteiger partial charge is 0.310 e. The Labute approximate surface area is 118 Å². The minimum absolute atomic E-state index is 0.465. The molecule has 1 N–H and O–H groups in total. The first kappa shape index (κ1) is 14.5. The van der Waals surface area contributed by atoms with Gasteiger partial charge < -0.3 is 10.2 Å². The fourth-order valence-electron chi connectivity index (χ4n) is 3.04. The molecule has 19 heavy (non-hydrogen) atoms. The summed E-state index contributed by atoms with van der Waals surface area (Å²) in [4.78, 5) is 2.44. The highest BCUT2D eigenvalue weighted by atomic mass is 15.1. The van der Waals surface area contributed by atoms with Gasteiger partial charge in [0.1, 0.15) is 0 Å². The van der Waals surface area contributed by atoms with Crippen LogP contribution in [-0.4, -0.2) is 31.6 Å². The molecule has 2 heteroatoms. The van der Waals surface area contributed by atoms with Crippen molar-refractivity contribution >= 4 is 0 Å². The summed E-state index contributed by atoms with van der Waals surface area (Å²) in [7, 11) is 2.23. The Bertz CT molecular complexity index is 381. The molecule has 1 fully saturated rings. The Morgan fingerprint density at radius 1 is 1.26 bits per heavy atom. The minimum Gasteiger partial charge on any atom is -0.310 e. The molecule has 0 spiro atoms. The third kappa shape index (κ3) is 4.32. The van der Waals surface area contributed by atoms with Gasteiger partial charge in [-0.3, -0.25) is 0 Å². The first-order valence-corrected chi connectivity index (χ1v) is 7.64. The summed E-state index contributed by atoms with van der Waals surface area (Å²) in [5.74, 6) is 0.924. The summed E-state index contributed by atoms with van der Waals surface area (Å²) in [6.07, 6.45) is 4.07. The number of nitrogens with zero attached hydrogens (tertiary/aromatic N) is 1. The second-order valence-corrected chi connectivity index (χ2v) is 6.07. The molecule has 106 valence electrons. The van der Waals surface area contributed by atoms with Crippen molar-refractivity contribution in [1.29, 1.82) is 0 Å². The summed E-state index contributed by atoms with van der Waals surface area (Å²) >= 11 is 0. The van der Waals surface area contributed by atoms with Crippen LogP contribution in [0.25, 0.3) is 0 Å². The summed E-state index contributed by atoms with van der Waals surface area (Å²) < 4.78 is 0. The quantitative estimate of drug-likeness (QED) is 0.873. The molecule has 1 aliphatic heterocycles. The van der Waals surface area contributed by atoms with Gasteiger partial charge in [-0.2, -0.15) is 0 Å².